The number of aromatic hydroxyl groups is 1. The van der Waals surface area contributed by atoms with Crippen LogP contribution in [-0.2, 0) is 6.54 Å². The Labute approximate surface area is 168 Å². The minimum Gasteiger partial charge on any atom is -0.503 e. The predicted octanol–water partition coefficient (Wildman–Crippen LogP) is 2.13. The van der Waals surface area contributed by atoms with E-state index < -0.39 is 58.1 Å². The van der Waals surface area contributed by atoms with E-state index in [9.17, 15) is 32.7 Å². The number of nitrogens with one attached hydrogen (secondary N) is 2. The molecule has 0 saturated heterocycles. The zero-order valence-electron chi connectivity index (χ0n) is 15.7. The van der Waals surface area contributed by atoms with Gasteiger partial charge >= 0.3 is 0 Å². The van der Waals surface area contributed by atoms with Crippen LogP contribution < -0.4 is 16.1 Å². The molecule has 1 fully saturated rings. The number of rotatable bonds is 3. The summed E-state index contributed by atoms with van der Waals surface area (Å²) in [6.07, 6.45) is 4.42. The van der Waals surface area contributed by atoms with Gasteiger partial charge in [-0.3, -0.25) is 14.4 Å². The van der Waals surface area contributed by atoms with Gasteiger partial charge in [-0.25, -0.2) is 13.2 Å². The maximum absolute atomic E-state index is 13.8. The van der Waals surface area contributed by atoms with Crippen molar-refractivity contribution in [3.8, 4) is 5.75 Å². The number of hydrogen-bond donors (Lipinski definition) is 3. The average molecular weight is 421 g/mol. The van der Waals surface area contributed by atoms with Crippen LogP contribution in [0.25, 0.3) is 0 Å². The first-order chi connectivity index (χ1) is 14.3. The molecular formula is C20H18F3N3O4. The number of fused-ring (bicyclic) bond motifs is 3. The van der Waals surface area contributed by atoms with Crippen LogP contribution in [0.1, 0.15) is 58.1 Å². The lowest BCUT2D eigenvalue weighted by Gasteiger charge is -2.39. The van der Waals surface area contributed by atoms with Gasteiger partial charge in [-0.1, -0.05) is 12.8 Å². The van der Waals surface area contributed by atoms with Gasteiger partial charge in [-0.05, 0) is 12.8 Å². The van der Waals surface area contributed by atoms with Crippen LogP contribution in [-0.4, -0.2) is 27.5 Å². The maximum Gasteiger partial charge on any atom is 0.272 e. The van der Waals surface area contributed by atoms with E-state index in [1.54, 1.807) is 0 Å². The number of pyridine rings is 1. The second kappa shape index (κ2) is 7.51. The van der Waals surface area contributed by atoms with E-state index in [0.717, 1.165) is 19.3 Å². The highest BCUT2D eigenvalue weighted by atomic mass is 19.1. The van der Waals surface area contributed by atoms with Crippen LogP contribution in [0.2, 0.25) is 0 Å². The molecule has 1 aliphatic heterocycles. The summed E-state index contributed by atoms with van der Waals surface area (Å²) in [5, 5.41) is 15.3. The zero-order valence-corrected chi connectivity index (χ0v) is 15.7. The number of benzene rings is 1. The largest absolute Gasteiger partial charge is 0.503 e. The van der Waals surface area contributed by atoms with E-state index in [1.807, 2.05) is 0 Å². The van der Waals surface area contributed by atoms with Crippen LogP contribution in [0.5, 0.6) is 5.75 Å². The quantitative estimate of drug-likeness (QED) is 0.707. The van der Waals surface area contributed by atoms with Gasteiger partial charge in [0.1, 0.15) is 23.0 Å². The summed E-state index contributed by atoms with van der Waals surface area (Å²) in [6.45, 7) is -0.634. The summed E-state index contributed by atoms with van der Waals surface area (Å²) in [6, 6.07) is 0.549. The van der Waals surface area contributed by atoms with Crippen molar-refractivity contribution in [3.63, 3.8) is 0 Å². The van der Waals surface area contributed by atoms with E-state index in [4.69, 9.17) is 0 Å². The molecule has 0 bridgehead atoms. The molecule has 30 heavy (non-hydrogen) atoms. The van der Waals surface area contributed by atoms with Crippen LogP contribution in [0.3, 0.4) is 0 Å². The first-order valence-electron chi connectivity index (χ1n) is 9.48. The fourth-order valence-electron chi connectivity index (χ4n) is 4.12. The fourth-order valence-corrected chi connectivity index (χ4v) is 4.12. The molecule has 7 nitrogen and oxygen atoms in total. The smallest absolute Gasteiger partial charge is 0.272 e. The summed E-state index contributed by atoms with van der Waals surface area (Å²) in [7, 11) is 0. The number of hydrogen-bond acceptors (Lipinski definition) is 4. The Hall–Kier alpha value is -3.30. The molecule has 1 saturated carbocycles. The molecule has 0 unspecified atom stereocenters. The highest BCUT2D eigenvalue weighted by Crippen LogP contribution is 2.34. The van der Waals surface area contributed by atoms with Crippen molar-refractivity contribution in [2.24, 2.45) is 0 Å². The molecule has 1 aliphatic carbocycles. The molecule has 2 aliphatic rings. The van der Waals surface area contributed by atoms with Gasteiger partial charge in [0, 0.05) is 36.5 Å². The Morgan fingerprint density at radius 1 is 1.17 bits per heavy atom. The molecule has 1 aromatic heterocycles. The van der Waals surface area contributed by atoms with Crippen molar-refractivity contribution < 1.29 is 27.9 Å². The lowest BCUT2D eigenvalue weighted by molar-refractivity contribution is 0.0838. The van der Waals surface area contributed by atoms with Gasteiger partial charge in [-0.2, -0.15) is 0 Å². The molecule has 3 N–H and O–H groups in total. The molecule has 0 spiro atoms. The highest BCUT2D eigenvalue weighted by molar-refractivity contribution is 5.99. The third-order valence-electron chi connectivity index (χ3n) is 5.60. The lowest BCUT2D eigenvalue weighted by Crippen LogP contribution is -2.50. The fraction of sp³-hybridized carbons (Fsp3) is 0.350. The molecule has 2 amide bonds. The number of carbonyl (C=O) groups is 2. The van der Waals surface area contributed by atoms with Gasteiger partial charge in [-0.15, -0.1) is 0 Å². The van der Waals surface area contributed by atoms with E-state index in [-0.39, 0.29) is 17.8 Å². The van der Waals surface area contributed by atoms with E-state index >= 15 is 0 Å². The molecule has 1 aromatic carbocycles. The van der Waals surface area contributed by atoms with Gasteiger partial charge in [0.2, 0.25) is 5.43 Å². The number of halogens is 3. The molecule has 10 heteroatoms. The molecule has 4 rings (SSSR count). The summed E-state index contributed by atoms with van der Waals surface area (Å²) >= 11 is 0. The second-order valence-corrected chi connectivity index (χ2v) is 7.44. The zero-order chi connectivity index (χ0) is 21.6. The standard InChI is InChI=1S/C20H18F3N3O4/c21-9-5-12(22)10(13(23)6-9)7-24-19(29)11-8-26-15-4-2-1-3-14(15)25-20(30)16(26)18(28)17(11)27/h5-6,8,14-15,28H,1-4,7H2,(H,24,29)(H,25,30)/t14-,15-/m1/s1. The Kier molecular flexibility index (Phi) is 5.00. The van der Waals surface area contributed by atoms with E-state index in [2.05, 4.69) is 10.6 Å². The summed E-state index contributed by atoms with van der Waals surface area (Å²) < 4.78 is 42.0. The van der Waals surface area contributed by atoms with E-state index in [1.165, 1.54) is 10.8 Å². The van der Waals surface area contributed by atoms with Crippen LogP contribution in [0, 0.1) is 17.5 Å². The lowest BCUT2D eigenvalue weighted by atomic mass is 9.87. The number of amides is 2. The Morgan fingerprint density at radius 2 is 1.83 bits per heavy atom. The summed E-state index contributed by atoms with van der Waals surface area (Å²) in [5.41, 5.74) is -2.31. The van der Waals surface area contributed by atoms with Crippen molar-refractivity contribution in [2.45, 2.75) is 44.3 Å². The SMILES string of the molecule is O=C(NCc1c(F)cc(F)cc1F)c1cn2c(c(O)c1=O)C(=O)N[C@@H]1CCCC[C@H]12. The van der Waals surface area contributed by atoms with Crippen molar-refractivity contribution in [1.29, 1.82) is 0 Å². The topological polar surface area (TPSA) is 100 Å². The molecule has 158 valence electrons. The monoisotopic (exact) mass is 421 g/mol. The third-order valence-corrected chi connectivity index (χ3v) is 5.60. The first-order valence-corrected chi connectivity index (χ1v) is 9.48. The third kappa shape index (κ3) is 3.31. The van der Waals surface area contributed by atoms with Gasteiger partial charge < -0.3 is 20.3 Å². The number of nitrogens with zero attached hydrogens (tertiary/aromatic N) is 1. The van der Waals surface area contributed by atoms with Crippen LogP contribution in [0.15, 0.2) is 23.1 Å². The van der Waals surface area contributed by atoms with Gasteiger partial charge in [0.25, 0.3) is 11.8 Å². The predicted molar refractivity (Wildman–Crippen MR) is 98.6 cm³/mol. The molecule has 0 radical (unpaired) electrons. The average Bonchev–Trinajstić information content (AvgIpc) is 2.69. The Bertz CT molecular complexity index is 1090. The first kappa shape index (κ1) is 20.0. The van der Waals surface area contributed by atoms with Crippen molar-refractivity contribution in [3.05, 3.63) is 62.8 Å². The minimum absolute atomic E-state index is 0.182. The summed E-state index contributed by atoms with van der Waals surface area (Å²) in [5.74, 6) is -5.90. The second-order valence-electron chi connectivity index (χ2n) is 7.44. The number of aromatic nitrogens is 1. The highest BCUT2D eigenvalue weighted by Gasteiger charge is 2.37. The summed E-state index contributed by atoms with van der Waals surface area (Å²) in [4.78, 5) is 37.4. The van der Waals surface area contributed by atoms with Crippen molar-refractivity contribution in [2.75, 3.05) is 0 Å². The number of carbonyl (C=O) groups excluding carboxylic acids is 2. The molecule has 2 aromatic rings. The normalized spacial score (nSPS) is 20.2. The molecule has 2 heterocycles. The van der Waals surface area contributed by atoms with Crippen LogP contribution >= 0.6 is 0 Å². The van der Waals surface area contributed by atoms with E-state index in [0.29, 0.717) is 18.6 Å². The van der Waals surface area contributed by atoms with Crippen LogP contribution in [0.4, 0.5) is 13.2 Å². The molecular weight excluding hydrogens is 403 g/mol. The van der Waals surface area contributed by atoms with Crippen molar-refractivity contribution in [1.82, 2.24) is 15.2 Å². The Morgan fingerprint density at radius 3 is 2.53 bits per heavy atom. The minimum atomic E-state index is -1.18. The maximum atomic E-state index is 13.8. The van der Waals surface area contributed by atoms with Gasteiger partial charge in [0.15, 0.2) is 11.4 Å². The van der Waals surface area contributed by atoms with Gasteiger partial charge in [0.05, 0.1) is 6.04 Å². The molecule has 2 atom stereocenters. The van der Waals surface area contributed by atoms with Crippen molar-refractivity contribution >= 4 is 11.8 Å². The Balaban J connectivity index is 1.67.